The molecule has 0 atom stereocenters. The molecule has 3 rings (SSSR count). The van der Waals surface area contributed by atoms with Gasteiger partial charge in [-0.25, -0.2) is 14.6 Å². The van der Waals surface area contributed by atoms with Crippen molar-refractivity contribution in [1.29, 1.82) is 0 Å². The molecule has 2 aromatic rings. The van der Waals surface area contributed by atoms with E-state index in [1.165, 1.54) is 11.1 Å². The standard InChI is InChI=1S/C25H29F3N2O5/c1-16(2)19-8-6-18(7-9-19)15-30-12-10-17(11-13-30)4-3-5-20(31)22-29-14-21(34-22)23(32)35-24(33)25(26,27)28/h6-9,14,16-17H,3-5,10-13,15H2,1-2H3. The fraction of sp³-hybridized carbons (Fsp3) is 0.520. The molecule has 7 nitrogen and oxygen atoms in total. The number of ether oxygens (including phenoxy) is 1. The minimum absolute atomic E-state index is 0.138. The first kappa shape index (κ1) is 26.6. The summed E-state index contributed by atoms with van der Waals surface area (Å²) < 4.78 is 45.1. The number of rotatable bonds is 9. The van der Waals surface area contributed by atoms with E-state index >= 15 is 0 Å². The number of benzene rings is 1. The lowest BCUT2D eigenvalue weighted by molar-refractivity contribution is -0.193. The number of hydrogen-bond donors (Lipinski definition) is 0. The van der Waals surface area contributed by atoms with Crippen LogP contribution in [-0.2, 0) is 16.1 Å². The number of esters is 2. The number of aromatic nitrogens is 1. The second kappa shape index (κ2) is 11.6. The van der Waals surface area contributed by atoms with Crippen molar-refractivity contribution in [2.75, 3.05) is 13.1 Å². The molecule has 0 saturated carbocycles. The van der Waals surface area contributed by atoms with Crippen molar-refractivity contribution in [3.63, 3.8) is 0 Å². The summed E-state index contributed by atoms with van der Waals surface area (Å²) in [5.74, 6) is -4.89. The lowest BCUT2D eigenvalue weighted by Crippen LogP contribution is -2.33. The normalized spacial score (nSPS) is 15.4. The van der Waals surface area contributed by atoms with Crippen molar-refractivity contribution in [3.8, 4) is 0 Å². The zero-order valence-electron chi connectivity index (χ0n) is 19.8. The molecule has 1 aliphatic heterocycles. The van der Waals surface area contributed by atoms with Gasteiger partial charge in [0.15, 0.2) is 0 Å². The molecule has 35 heavy (non-hydrogen) atoms. The lowest BCUT2D eigenvalue weighted by atomic mass is 9.91. The first-order chi connectivity index (χ1) is 16.5. The molecular formula is C25H29F3N2O5. The minimum atomic E-state index is -5.32. The van der Waals surface area contributed by atoms with Crippen molar-refractivity contribution in [2.45, 2.75) is 64.6 Å². The molecule has 0 unspecified atom stereocenters. The average Bonchev–Trinajstić information content (AvgIpc) is 3.30. The van der Waals surface area contributed by atoms with Gasteiger partial charge in [0.25, 0.3) is 5.89 Å². The number of likely N-dealkylation sites (tertiary alicyclic amines) is 1. The van der Waals surface area contributed by atoms with Gasteiger partial charge in [0.2, 0.25) is 11.5 Å². The van der Waals surface area contributed by atoms with Crippen LogP contribution in [0.15, 0.2) is 34.9 Å². The summed E-state index contributed by atoms with van der Waals surface area (Å²) >= 11 is 0. The number of carbonyl (C=O) groups excluding carboxylic acids is 3. The predicted octanol–water partition coefficient (Wildman–Crippen LogP) is 5.31. The molecule has 0 radical (unpaired) electrons. The smallest absolute Gasteiger partial charge is 0.427 e. The van der Waals surface area contributed by atoms with E-state index in [2.05, 4.69) is 52.7 Å². The summed E-state index contributed by atoms with van der Waals surface area (Å²) in [6, 6.07) is 8.75. The summed E-state index contributed by atoms with van der Waals surface area (Å²) in [7, 11) is 0. The molecular weight excluding hydrogens is 465 g/mol. The molecule has 1 aromatic heterocycles. The molecule has 1 aromatic carbocycles. The van der Waals surface area contributed by atoms with Gasteiger partial charge in [-0.05, 0) is 61.7 Å². The Balaban J connectivity index is 1.37. The number of alkyl halides is 3. The van der Waals surface area contributed by atoms with Crippen LogP contribution in [0.3, 0.4) is 0 Å². The predicted molar refractivity (Wildman–Crippen MR) is 120 cm³/mol. The van der Waals surface area contributed by atoms with Crippen molar-refractivity contribution in [2.24, 2.45) is 5.92 Å². The van der Waals surface area contributed by atoms with Crippen LogP contribution in [0.1, 0.15) is 84.2 Å². The van der Waals surface area contributed by atoms with E-state index in [4.69, 9.17) is 4.42 Å². The Bertz CT molecular complexity index is 1020. The van der Waals surface area contributed by atoms with Crippen LogP contribution in [0.2, 0.25) is 0 Å². The third kappa shape index (κ3) is 7.74. The van der Waals surface area contributed by atoms with E-state index in [0.29, 0.717) is 18.3 Å². The van der Waals surface area contributed by atoms with Gasteiger partial charge in [0, 0.05) is 13.0 Å². The first-order valence-corrected chi connectivity index (χ1v) is 11.7. The van der Waals surface area contributed by atoms with E-state index in [0.717, 1.165) is 45.1 Å². The average molecular weight is 495 g/mol. The van der Waals surface area contributed by atoms with E-state index in [1.54, 1.807) is 0 Å². The van der Waals surface area contributed by atoms with Crippen LogP contribution in [0.5, 0.6) is 0 Å². The molecule has 0 aliphatic carbocycles. The van der Waals surface area contributed by atoms with E-state index in [-0.39, 0.29) is 6.42 Å². The summed E-state index contributed by atoms with van der Waals surface area (Å²) in [6.07, 6.45) is -0.859. The van der Waals surface area contributed by atoms with Crippen LogP contribution < -0.4 is 0 Å². The van der Waals surface area contributed by atoms with Crippen LogP contribution in [-0.4, -0.2) is 46.9 Å². The Morgan fingerprint density at radius 1 is 1.14 bits per heavy atom. The molecule has 190 valence electrons. The summed E-state index contributed by atoms with van der Waals surface area (Å²) in [5.41, 5.74) is 2.63. The number of nitrogens with zero attached hydrogens (tertiary/aromatic N) is 2. The third-order valence-electron chi connectivity index (χ3n) is 6.14. The van der Waals surface area contributed by atoms with Gasteiger partial charge < -0.3 is 9.15 Å². The Hall–Kier alpha value is -3.01. The number of piperidine rings is 1. The van der Waals surface area contributed by atoms with Gasteiger partial charge in [-0.1, -0.05) is 38.1 Å². The fourth-order valence-electron chi connectivity index (χ4n) is 4.05. The number of oxazole rings is 1. The molecule has 1 aliphatic rings. The zero-order chi connectivity index (χ0) is 25.6. The van der Waals surface area contributed by atoms with Gasteiger partial charge in [-0.3, -0.25) is 9.69 Å². The van der Waals surface area contributed by atoms with Gasteiger partial charge in [0.1, 0.15) is 0 Å². The number of halogens is 3. The highest BCUT2D eigenvalue weighted by Crippen LogP contribution is 2.25. The Labute approximate surface area is 201 Å². The van der Waals surface area contributed by atoms with E-state index < -0.39 is 35.5 Å². The monoisotopic (exact) mass is 494 g/mol. The minimum Gasteiger partial charge on any atom is -0.427 e. The van der Waals surface area contributed by atoms with Gasteiger partial charge in [-0.15, -0.1) is 0 Å². The van der Waals surface area contributed by atoms with Crippen molar-refractivity contribution in [3.05, 3.63) is 53.2 Å². The summed E-state index contributed by atoms with van der Waals surface area (Å²) in [4.78, 5) is 40.6. The van der Waals surface area contributed by atoms with Crippen LogP contribution in [0.4, 0.5) is 13.2 Å². The highest BCUT2D eigenvalue weighted by Gasteiger charge is 2.43. The van der Waals surface area contributed by atoms with Crippen molar-refractivity contribution >= 4 is 17.7 Å². The molecule has 0 amide bonds. The van der Waals surface area contributed by atoms with Crippen LogP contribution in [0.25, 0.3) is 0 Å². The van der Waals surface area contributed by atoms with Gasteiger partial charge in [0.05, 0.1) is 6.20 Å². The molecule has 1 saturated heterocycles. The van der Waals surface area contributed by atoms with E-state index in [9.17, 15) is 27.6 Å². The second-order valence-electron chi connectivity index (χ2n) is 9.14. The lowest BCUT2D eigenvalue weighted by Gasteiger charge is -2.32. The van der Waals surface area contributed by atoms with Crippen molar-refractivity contribution in [1.82, 2.24) is 9.88 Å². The molecule has 2 heterocycles. The highest BCUT2D eigenvalue weighted by molar-refractivity contribution is 5.97. The van der Waals surface area contributed by atoms with E-state index in [1.807, 2.05) is 0 Å². The first-order valence-electron chi connectivity index (χ1n) is 11.7. The number of Topliss-reactive ketones (excluding diaryl/α,β-unsaturated/α-hetero) is 1. The fourth-order valence-corrected chi connectivity index (χ4v) is 4.05. The topological polar surface area (TPSA) is 89.7 Å². The summed E-state index contributed by atoms with van der Waals surface area (Å²) in [5, 5.41) is 0. The Morgan fingerprint density at radius 2 is 1.80 bits per heavy atom. The largest absolute Gasteiger partial charge is 0.491 e. The van der Waals surface area contributed by atoms with Crippen LogP contribution in [0, 0.1) is 5.92 Å². The third-order valence-corrected chi connectivity index (χ3v) is 6.14. The molecule has 0 bridgehead atoms. The Kier molecular flexibility index (Phi) is 8.82. The molecule has 0 spiro atoms. The Morgan fingerprint density at radius 3 is 2.40 bits per heavy atom. The van der Waals surface area contributed by atoms with Crippen molar-refractivity contribution < 1.29 is 36.7 Å². The second-order valence-corrected chi connectivity index (χ2v) is 9.14. The molecule has 0 N–H and O–H groups in total. The van der Waals surface area contributed by atoms with Crippen LogP contribution >= 0.6 is 0 Å². The maximum atomic E-state index is 12.3. The maximum Gasteiger partial charge on any atom is 0.491 e. The van der Waals surface area contributed by atoms with Gasteiger partial charge >= 0.3 is 18.1 Å². The quantitative estimate of drug-likeness (QED) is 0.265. The maximum absolute atomic E-state index is 12.3. The zero-order valence-corrected chi connectivity index (χ0v) is 19.8. The number of ketones is 1. The summed E-state index contributed by atoms with van der Waals surface area (Å²) in [6.45, 7) is 7.27. The SMILES string of the molecule is CC(C)c1ccc(CN2CCC(CCCC(=O)c3ncc(C(=O)OC(=O)C(F)(F)F)o3)CC2)cc1. The molecule has 10 heteroatoms. The molecule has 1 fully saturated rings. The highest BCUT2D eigenvalue weighted by atomic mass is 19.4. The van der Waals surface area contributed by atoms with Gasteiger partial charge in [-0.2, -0.15) is 13.2 Å². The number of carbonyl (C=O) groups is 3. The number of hydrogen-bond acceptors (Lipinski definition) is 7.